The Morgan fingerprint density at radius 2 is 2.14 bits per heavy atom. The first-order valence-electron chi connectivity index (χ1n) is 1.49. The molecule has 0 saturated heterocycles. The summed E-state index contributed by atoms with van der Waals surface area (Å²) in [5.41, 5.74) is 6.37. The standard InChI is InChI=1S/CH7N5O/c2-1(7)6(4)5-3/h5H,3-4H2,(H2,2,7). The summed E-state index contributed by atoms with van der Waals surface area (Å²) in [5.74, 6) is 9.36. The molecule has 0 spiro atoms. The maximum Gasteiger partial charge on any atom is 0.345 e. The van der Waals surface area contributed by atoms with Gasteiger partial charge in [-0.1, -0.05) is 0 Å². The van der Waals surface area contributed by atoms with E-state index in [-0.39, 0.29) is 0 Å². The largest absolute Gasteiger partial charge is 0.349 e. The van der Waals surface area contributed by atoms with Crippen LogP contribution in [0, 0.1) is 0 Å². The van der Waals surface area contributed by atoms with E-state index in [2.05, 4.69) is 11.6 Å². The van der Waals surface area contributed by atoms with E-state index in [9.17, 15) is 4.79 Å². The van der Waals surface area contributed by atoms with E-state index in [1.54, 1.807) is 5.53 Å². The van der Waals surface area contributed by atoms with E-state index >= 15 is 0 Å². The van der Waals surface area contributed by atoms with Gasteiger partial charge in [-0.25, -0.2) is 10.6 Å². The zero-order valence-corrected chi connectivity index (χ0v) is 3.59. The first-order valence-corrected chi connectivity index (χ1v) is 1.49. The molecule has 6 nitrogen and oxygen atoms in total. The molecule has 0 rings (SSSR count). The summed E-state index contributed by atoms with van der Waals surface area (Å²) in [7, 11) is 0. The SMILES string of the molecule is NNN(N)C(N)=O. The van der Waals surface area contributed by atoms with Crippen LogP contribution in [-0.4, -0.2) is 11.1 Å². The van der Waals surface area contributed by atoms with Crippen LogP contribution < -0.4 is 23.0 Å². The molecule has 6 heteroatoms. The highest BCUT2D eigenvalue weighted by molar-refractivity contribution is 5.70. The van der Waals surface area contributed by atoms with E-state index < -0.39 is 6.03 Å². The number of rotatable bonds is 1. The topological polar surface area (TPSA) is 110 Å². The van der Waals surface area contributed by atoms with Gasteiger partial charge in [0.05, 0.1) is 0 Å². The van der Waals surface area contributed by atoms with Crippen molar-refractivity contribution in [2.45, 2.75) is 0 Å². The van der Waals surface area contributed by atoms with Crippen molar-refractivity contribution in [3.8, 4) is 0 Å². The molecule has 7 N–H and O–H groups in total. The van der Waals surface area contributed by atoms with Crippen molar-refractivity contribution in [2.24, 2.45) is 17.4 Å². The fourth-order valence-electron chi connectivity index (χ4n) is 0.0636. The molecule has 0 heterocycles. The minimum Gasteiger partial charge on any atom is -0.349 e. The van der Waals surface area contributed by atoms with Crippen molar-refractivity contribution in [3.63, 3.8) is 0 Å². The normalized spacial score (nSPS) is 8.29. The molecule has 2 amide bonds. The Labute approximate surface area is 40.1 Å². The highest BCUT2D eigenvalue weighted by atomic mass is 16.2. The first kappa shape index (κ1) is 6.15. The molecule has 0 aliphatic carbocycles. The number of urea groups is 1. The molecular weight excluding hydrogens is 98.0 g/mol. The molecule has 0 aromatic rings. The molecule has 0 radical (unpaired) electrons. The molecule has 42 valence electrons. The Balaban J connectivity index is 3.34. The Hall–Kier alpha value is -0.850. The molecule has 0 aliphatic heterocycles. The number of carbonyl (C=O) groups is 1. The summed E-state index contributed by atoms with van der Waals surface area (Å²) in [5, 5.41) is 0.458. The van der Waals surface area contributed by atoms with Gasteiger partial charge in [-0.3, -0.25) is 5.84 Å². The summed E-state index contributed by atoms with van der Waals surface area (Å²) in [6.07, 6.45) is 0. The lowest BCUT2D eigenvalue weighted by Gasteiger charge is -2.08. The van der Waals surface area contributed by atoms with Crippen LogP contribution in [-0.2, 0) is 0 Å². The third-order valence-corrected chi connectivity index (χ3v) is 0.377. The molecule has 0 bridgehead atoms. The number of carbonyl (C=O) groups excluding carboxylic acids is 1. The molecule has 0 unspecified atom stereocenters. The summed E-state index contributed by atoms with van der Waals surface area (Å²) in [4.78, 5) is 9.81. The van der Waals surface area contributed by atoms with Gasteiger partial charge in [0.25, 0.3) is 0 Å². The van der Waals surface area contributed by atoms with Gasteiger partial charge >= 0.3 is 6.03 Å². The summed E-state index contributed by atoms with van der Waals surface area (Å²) < 4.78 is 0. The average Bonchev–Trinajstić information content (AvgIpc) is 1.65. The molecule has 7 heavy (non-hydrogen) atoms. The van der Waals surface area contributed by atoms with Gasteiger partial charge in [-0.15, -0.1) is 0 Å². The quantitative estimate of drug-likeness (QED) is 0.169. The zero-order valence-electron chi connectivity index (χ0n) is 3.59. The number of nitrogens with one attached hydrogen (secondary N) is 1. The lowest BCUT2D eigenvalue weighted by atomic mass is 11.1. The van der Waals surface area contributed by atoms with Crippen LogP contribution in [0.2, 0.25) is 0 Å². The molecule has 0 saturated carbocycles. The number of hydrazine groups is 3. The van der Waals surface area contributed by atoms with Crippen molar-refractivity contribution in [1.29, 1.82) is 0 Å². The Kier molecular flexibility index (Phi) is 2.06. The second kappa shape index (κ2) is 2.35. The monoisotopic (exact) mass is 105 g/mol. The highest BCUT2D eigenvalue weighted by Gasteiger charge is 1.95. The van der Waals surface area contributed by atoms with E-state index in [1.165, 1.54) is 0 Å². The first-order chi connectivity index (χ1) is 3.18. The van der Waals surface area contributed by atoms with E-state index in [0.717, 1.165) is 0 Å². The third kappa shape index (κ3) is 1.93. The number of nitrogens with zero attached hydrogens (tertiary/aromatic N) is 1. The van der Waals surface area contributed by atoms with Crippen molar-refractivity contribution in [2.75, 3.05) is 0 Å². The molecule has 0 atom stereocenters. The summed E-state index contributed by atoms with van der Waals surface area (Å²) >= 11 is 0. The average molecular weight is 105 g/mol. The molecular formula is CH7N5O. The Morgan fingerprint density at radius 1 is 1.71 bits per heavy atom. The van der Waals surface area contributed by atoms with Gasteiger partial charge < -0.3 is 5.73 Å². The van der Waals surface area contributed by atoms with Gasteiger partial charge in [0.15, 0.2) is 0 Å². The van der Waals surface area contributed by atoms with Crippen LogP contribution in [0.1, 0.15) is 0 Å². The fraction of sp³-hybridized carbons (Fsp3) is 0. The van der Waals surface area contributed by atoms with Crippen LogP contribution in [0.3, 0.4) is 0 Å². The van der Waals surface area contributed by atoms with Gasteiger partial charge in [0, 0.05) is 0 Å². The van der Waals surface area contributed by atoms with E-state index in [4.69, 9.17) is 5.84 Å². The van der Waals surface area contributed by atoms with E-state index in [1.807, 2.05) is 0 Å². The van der Waals surface area contributed by atoms with E-state index in [0.29, 0.717) is 5.12 Å². The van der Waals surface area contributed by atoms with Crippen LogP contribution in [0.25, 0.3) is 0 Å². The molecule has 0 aromatic heterocycles. The fourth-order valence-corrected chi connectivity index (χ4v) is 0.0636. The van der Waals surface area contributed by atoms with Gasteiger partial charge in [-0.05, 0) is 0 Å². The number of amides is 2. The third-order valence-electron chi connectivity index (χ3n) is 0.377. The number of hydrogen-bond acceptors (Lipinski definition) is 4. The lowest BCUT2D eigenvalue weighted by Crippen LogP contribution is -2.53. The van der Waals surface area contributed by atoms with Crippen molar-refractivity contribution in [1.82, 2.24) is 10.7 Å². The molecule has 0 aromatic carbocycles. The molecule has 0 fully saturated rings. The smallest absolute Gasteiger partial charge is 0.345 e. The summed E-state index contributed by atoms with van der Waals surface area (Å²) in [6.45, 7) is 0. The van der Waals surface area contributed by atoms with Crippen LogP contribution >= 0.6 is 0 Å². The predicted molar refractivity (Wildman–Crippen MR) is 22.9 cm³/mol. The molecule has 0 aliphatic rings. The maximum atomic E-state index is 9.81. The number of nitrogens with two attached hydrogens (primary N) is 3. The van der Waals surface area contributed by atoms with Crippen LogP contribution in [0.4, 0.5) is 4.79 Å². The minimum atomic E-state index is -0.831. The number of primary amides is 1. The second-order valence-electron chi connectivity index (χ2n) is 0.837. The van der Waals surface area contributed by atoms with Gasteiger partial charge in [0.2, 0.25) is 0 Å². The summed E-state index contributed by atoms with van der Waals surface area (Å²) in [6, 6.07) is -0.831. The van der Waals surface area contributed by atoms with Crippen molar-refractivity contribution >= 4 is 6.03 Å². The van der Waals surface area contributed by atoms with Crippen LogP contribution in [0.15, 0.2) is 0 Å². The highest BCUT2D eigenvalue weighted by Crippen LogP contribution is 1.58. The minimum absolute atomic E-state index is 0.458. The van der Waals surface area contributed by atoms with Gasteiger partial charge in [0.1, 0.15) is 0 Å². The Morgan fingerprint density at radius 3 is 2.14 bits per heavy atom. The second-order valence-corrected chi connectivity index (χ2v) is 0.837. The number of hydrogen-bond donors (Lipinski definition) is 4. The van der Waals surface area contributed by atoms with Crippen molar-refractivity contribution in [3.05, 3.63) is 0 Å². The lowest BCUT2D eigenvalue weighted by molar-refractivity contribution is 0.182. The van der Waals surface area contributed by atoms with Gasteiger partial charge in [-0.2, -0.15) is 10.7 Å². The zero-order chi connectivity index (χ0) is 5.86. The van der Waals surface area contributed by atoms with Crippen LogP contribution in [0.5, 0.6) is 0 Å². The van der Waals surface area contributed by atoms with Crippen molar-refractivity contribution < 1.29 is 4.79 Å². The Bertz CT molecular complexity index is 70.5. The maximum absolute atomic E-state index is 9.81. The predicted octanol–water partition coefficient (Wildman–Crippen LogP) is -2.38.